The maximum Gasteiger partial charge on any atom is 0.330 e. The molecule has 1 aromatic carbocycles. The van der Waals surface area contributed by atoms with Crippen molar-refractivity contribution in [2.75, 3.05) is 5.32 Å². The second-order valence-corrected chi connectivity index (χ2v) is 6.05. The van der Waals surface area contributed by atoms with Gasteiger partial charge in [0.2, 0.25) is 0 Å². The molecule has 1 aliphatic heterocycles. The maximum absolute atomic E-state index is 12.0. The summed E-state index contributed by atoms with van der Waals surface area (Å²) in [6, 6.07) is 7.61. The Bertz CT molecular complexity index is 897. The number of hydrogen-bond acceptors (Lipinski definition) is 3. The van der Waals surface area contributed by atoms with Gasteiger partial charge in [0.1, 0.15) is 16.3 Å². The van der Waals surface area contributed by atoms with E-state index in [0.29, 0.717) is 22.6 Å². The number of hydrogen-bond donors (Lipinski definition) is 1. The zero-order valence-corrected chi connectivity index (χ0v) is 13.8. The molecule has 0 atom stereocenters. The molecule has 0 bridgehead atoms. The largest absolute Gasteiger partial charge is 0.330 e. The average molecular weight is 335 g/mol. The fraction of sp³-hybridized carbons (Fsp3) is 0.267. The van der Waals surface area contributed by atoms with E-state index in [-0.39, 0.29) is 5.69 Å². The highest BCUT2D eigenvalue weighted by molar-refractivity contribution is 7.71. The van der Waals surface area contributed by atoms with Gasteiger partial charge in [-0.05, 0) is 17.7 Å². The van der Waals surface area contributed by atoms with Crippen LogP contribution in [0.3, 0.4) is 0 Å². The van der Waals surface area contributed by atoms with Gasteiger partial charge in [-0.25, -0.2) is 4.79 Å². The minimum atomic E-state index is -0.146. The molecule has 0 amide bonds. The second-order valence-electron chi connectivity index (χ2n) is 5.23. The summed E-state index contributed by atoms with van der Waals surface area (Å²) in [5, 5.41) is 3.89. The Labute approximate surface area is 137 Å². The molecule has 3 rings (SSSR count). The lowest BCUT2D eigenvalue weighted by atomic mass is 10.2. The highest BCUT2D eigenvalue weighted by Crippen LogP contribution is 2.22. The van der Waals surface area contributed by atoms with E-state index in [9.17, 15) is 4.79 Å². The third-order valence-corrected chi connectivity index (χ3v) is 4.46. The van der Waals surface area contributed by atoms with Gasteiger partial charge in [0.15, 0.2) is 0 Å². The van der Waals surface area contributed by atoms with Gasteiger partial charge in [0.25, 0.3) is 0 Å². The average Bonchev–Trinajstić information content (AvgIpc) is 2.93. The summed E-state index contributed by atoms with van der Waals surface area (Å²) in [7, 11) is 3.41. The van der Waals surface area contributed by atoms with Crippen LogP contribution in [0.25, 0.3) is 0 Å². The molecule has 5 nitrogen and oxygen atoms in total. The van der Waals surface area contributed by atoms with Crippen molar-refractivity contribution in [1.82, 2.24) is 9.13 Å². The molecule has 1 aromatic heterocycles. The number of rotatable bonds is 2. The van der Waals surface area contributed by atoms with Crippen LogP contribution in [0.1, 0.15) is 11.1 Å². The Morgan fingerprint density at radius 3 is 2.86 bits per heavy atom. The Balaban J connectivity index is 1.90. The van der Waals surface area contributed by atoms with Crippen molar-refractivity contribution in [1.29, 1.82) is 0 Å². The van der Waals surface area contributed by atoms with Crippen molar-refractivity contribution < 1.29 is 0 Å². The van der Waals surface area contributed by atoms with Crippen LogP contribution >= 0.6 is 23.8 Å². The second kappa shape index (κ2) is 5.70. The van der Waals surface area contributed by atoms with Gasteiger partial charge >= 0.3 is 5.69 Å². The van der Waals surface area contributed by atoms with Crippen LogP contribution in [0, 0.1) is 4.64 Å². The van der Waals surface area contributed by atoms with E-state index < -0.39 is 0 Å². The molecule has 0 radical (unpaired) electrons. The molecule has 0 fully saturated rings. The van der Waals surface area contributed by atoms with Crippen LogP contribution in [-0.2, 0) is 27.1 Å². The molecule has 2 heterocycles. The van der Waals surface area contributed by atoms with Gasteiger partial charge in [-0.3, -0.25) is 14.1 Å². The van der Waals surface area contributed by atoms with Crippen LogP contribution in [-0.4, -0.2) is 15.0 Å². The SMILES string of the molecule is Cn1c2c(c(=S)n(C)c1=O)CC(=NCc1cccc(Cl)c1)N2. The molecule has 0 saturated heterocycles. The first kappa shape index (κ1) is 15.0. The lowest BCUT2D eigenvalue weighted by molar-refractivity contribution is 0.701. The molecule has 7 heteroatoms. The van der Waals surface area contributed by atoms with E-state index in [4.69, 9.17) is 23.8 Å². The predicted molar refractivity (Wildman–Crippen MR) is 91.4 cm³/mol. The summed E-state index contributed by atoms with van der Waals surface area (Å²) in [5.74, 6) is 1.54. The summed E-state index contributed by atoms with van der Waals surface area (Å²) in [6.45, 7) is 0.531. The summed E-state index contributed by atoms with van der Waals surface area (Å²) >= 11 is 11.3. The van der Waals surface area contributed by atoms with Crippen molar-refractivity contribution in [3.8, 4) is 0 Å². The number of benzene rings is 1. The highest BCUT2D eigenvalue weighted by Gasteiger charge is 2.22. The predicted octanol–water partition coefficient (Wildman–Crippen LogP) is 2.67. The van der Waals surface area contributed by atoms with Crippen LogP contribution in [0.5, 0.6) is 0 Å². The number of aliphatic imine (C=N–C) groups is 1. The van der Waals surface area contributed by atoms with E-state index in [1.807, 2.05) is 24.3 Å². The zero-order valence-electron chi connectivity index (χ0n) is 12.3. The lowest BCUT2D eigenvalue weighted by Crippen LogP contribution is -2.29. The first-order valence-electron chi connectivity index (χ1n) is 6.81. The van der Waals surface area contributed by atoms with Crippen molar-refractivity contribution in [3.63, 3.8) is 0 Å². The van der Waals surface area contributed by atoms with Gasteiger partial charge in [-0.2, -0.15) is 0 Å². The first-order valence-corrected chi connectivity index (χ1v) is 7.59. The maximum atomic E-state index is 12.0. The van der Waals surface area contributed by atoms with E-state index >= 15 is 0 Å². The Hall–Kier alpha value is -1.92. The fourth-order valence-electron chi connectivity index (χ4n) is 2.50. The molecule has 0 unspecified atom stereocenters. The highest BCUT2D eigenvalue weighted by atomic mass is 35.5. The fourth-order valence-corrected chi connectivity index (χ4v) is 2.96. The third-order valence-electron chi connectivity index (χ3n) is 3.71. The summed E-state index contributed by atoms with van der Waals surface area (Å²) < 4.78 is 3.60. The van der Waals surface area contributed by atoms with Crippen molar-refractivity contribution >= 4 is 35.5 Å². The van der Waals surface area contributed by atoms with Crippen LogP contribution in [0.15, 0.2) is 34.1 Å². The molecule has 2 aromatic rings. The molecular formula is C15H15ClN4OS. The van der Waals surface area contributed by atoms with Crippen LogP contribution < -0.4 is 11.0 Å². The van der Waals surface area contributed by atoms with Gasteiger partial charge in [0, 0.05) is 31.1 Å². The number of anilines is 1. The molecule has 0 spiro atoms. The number of halogens is 1. The van der Waals surface area contributed by atoms with Crippen molar-refractivity contribution in [2.24, 2.45) is 19.1 Å². The van der Waals surface area contributed by atoms with Crippen molar-refractivity contribution in [3.05, 3.63) is 55.5 Å². The minimum Gasteiger partial charge on any atom is -0.329 e. The van der Waals surface area contributed by atoms with E-state index in [2.05, 4.69) is 10.3 Å². The molecular weight excluding hydrogens is 320 g/mol. The van der Waals surface area contributed by atoms with Gasteiger partial charge in [-0.1, -0.05) is 36.0 Å². The number of aromatic nitrogens is 2. The first-order chi connectivity index (χ1) is 10.5. The van der Waals surface area contributed by atoms with E-state index in [1.165, 1.54) is 4.57 Å². The summed E-state index contributed by atoms with van der Waals surface area (Å²) in [4.78, 5) is 16.6. The topological polar surface area (TPSA) is 51.3 Å². The minimum absolute atomic E-state index is 0.146. The Morgan fingerprint density at radius 2 is 2.14 bits per heavy atom. The van der Waals surface area contributed by atoms with Gasteiger partial charge in [-0.15, -0.1) is 0 Å². The number of nitrogens with zero attached hydrogens (tertiary/aromatic N) is 3. The Morgan fingerprint density at radius 1 is 1.36 bits per heavy atom. The smallest absolute Gasteiger partial charge is 0.329 e. The van der Waals surface area contributed by atoms with Crippen LogP contribution in [0.2, 0.25) is 5.02 Å². The van der Waals surface area contributed by atoms with Gasteiger partial charge < -0.3 is 5.32 Å². The number of fused-ring (bicyclic) bond motifs is 1. The standard InChI is InChI=1S/C15H15ClN4OS/c1-19-13-11(14(22)20(2)15(19)21)7-12(18-13)17-8-9-4-3-5-10(16)6-9/h3-6H,7-8H2,1-2H3,(H,17,18). The number of amidine groups is 1. The normalized spacial score (nSPS) is 15.0. The molecule has 22 heavy (non-hydrogen) atoms. The van der Waals surface area contributed by atoms with E-state index in [1.54, 1.807) is 18.7 Å². The molecule has 1 N–H and O–H groups in total. The summed E-state index contributed by atoms with van der Waals surface area (Å²) in [5.41, 5.74) is 1.83. The number of nitrogens with one attached hydrogen (secondary N) is 1. The Kier molecular flexibility index (Phi) is 3.88. The third kappa shape index (κ3) is 2.60. The lowest BCUT2D eigenvalue weighted by Gasteiger charge is -2.09. The molecule has 0 aliphatic carbocycles. The quantitative estimate of drug-likeness (QED) is 0.859. The summed E-state index contributed by atoms with van der Waals surface area (Å²) in [6.07, 6.45) is 0.608. The van der Waals surface area contributed by atoms with E-state index in [0.717, 1.165) is 22.8 Å². The zero-order chi connectivity index (χ0) is 15.9. The molecule has 114 valence electrons. The van der Waals surface area contributed by atoms with Gasteiger partial charge in [0.05, 0.1) is 6.54 Å². The monoisotopic (exact) mass is 334 g/mol. The van der Waals surface area contributed by atoms with Crippen LogP contribution in [0.4, 0.5) is 5.82 Å². The van der Waals surface area contributed by atoms with Crippen molar-refractivity contribution in [2.45, 2.75) is 13.0 Å². The molecule has 0 saturated carbocycles. The molecule has 1 aliphatic rings.